The van der Waals surface area contributed by atoms with Gasteiger partial charge >= 0.3 is 5.69 Å². The van der Waals surface area contributed by atoms with Crippen molar-refractivity contribution in [3.05, 3.63) is 49.1 Å². The molecule has 0 aliphatic rings. The van der Waals surface area contributed by atoms with Crippen LogP contribution in [0, 0.1) is 13.8 Å². The van der Waals surface area contributed by atoms with E-state index in [1.54, 1.807) is 19.1 Å². The number of aryl methyl sites for hydroxylation is 1. The summed E-state index contributed by atoms with van der Waals surface area (Å²) in [6.07, 6.45) is 0. The van der Waals surface area contributed by atoms with Crippen molar-refractivity contribution < 1.29 is 9.84 Å². The molecule has 1 aromatic carbocycles. The van der Waals surface area contributed by atoms with Gasteiger partial charge in [-0.25, -0.2) is 9.36 Å². The Morgan fingerprint density at radius 1 is 1.30 bits per heavy atom. The first-order valence-electron chi connectivity index (χ1n) is 5.76. The Morgan fingerprint density at radius 2 is 1.95 bits per heavy atom. The van der Waals surface area contributed by atoms with Gasteiger partial charge in [0.25, 0.3) is 5.56 Å². The number of methoxy groups -OCH3 is 1. The number of nitrogens with zero attached hydrogens (tertiary/aromatic N) is 1. The molecule has 0 aliphatic carbocycles. The summed E-state index contributed by atoms with van der Waals surface area (Å²) < 4.78 is 6.14. The van der Waals surface area contributed by atoms with Crippen molar-refractivity contribution in [1.29, 1.82) is 0 Å². The molecule has 2 N–H and O–H groups in total. The Balaban J connectivity index is 2.88. The van der Waals surface area contributed by atoms with E-state index in [2.05, 4.69) is 4.98 Å². The maximum absolute atomic E-state index is 11.9. The highest BCUT2D eigenvalue weighted by molar-refractivity contribution is 6.31. The van der Waals surface area contributed by atoms with Gasteiger partial charge in [-0.15, -0.1) is 0 Å². The van der Waals surface area contributed by atoms with Crippen molar-refractivity contribution in [3.8, 4) is 17.3 Å². The number of aromatic amines is 1. The maximum atomic E-state index is 11.9. The molecule has 0 fully saturated rings. The summed E-state index contributed by atoms with van der Waals surface area (Å²) in [5.41, 5.74) is -0.334. The summed E-state index contributed by atoms with van der Waals surface area (Å²) in [4.78, 5) is 25.5. The number of aromatic nitrogens is 2. The average molecular weight is 297 g/mol. The van der Waals surface area contributed by atoms with Crippen molar-refractivity contribution in [1.82, 2.24) is 9.55 Å². The third-order valence-electron chi connectivity index (χ3n) is 3.01. The number of nitrogens with one attached hydrogen (secondary N) is 1. The second-order valence-corrected chi connectivity index (χ2v) is 4.72. The molecule has 1 heterocycles. The molecule has 0 bridgehead atoms. The van der Waals surface area contributed by atoms with E-state index in [4.69, 9.17) is 16.3 Å². The molecule has 1 aromatic heterocycles. The SMILES string of the molecule is COc1cc(Cl)c(C)cc1-n1c(O)c(C)c(=O)[nH]c1=O. The lowest BCUT2D eigenvalue weighted by Crippen LogP contribution is -2.30. The molecule has 0 saturated carbocycles. The predicted molar refractivity (Wildman–Crippen MR) is 75.4 cm³/mol. The predicted octanol–water partition coefficient (Wildman–Crippen LogP) is 1.51. The Hall–Kier alpha value is -2.21. The minimum Gasteiger partial charge on any atom is -0.494 e. The van der Waals surface area contributed by atoms with Gasteiger partial charge in [0.1, 0.15) is 5.75 Å². The van der Waals surface area contributed by atoms with Gasteiger partial charge in [0.05, 0.1) is 18.4 Å². The molecule has 0 radical (unpaired) electrons. The minimum absolute atomic E-state index is 0.0410. The number of hydrogen-bond acceptors (Lipinski definition) is 4. The Kier molecular flexibility index (Phi) is 3.59. The van der Waals surface area contributed by atoms with Crippen LogP contribution in [0.4, 0.5) is 0 Å². The molecule has 0 saturated heterocycles. The lowest BCUT2D eigenvalue weighted by atomic mass is 10.2. The number of benzene rings is 1. The largest absolute Gasteiger partial charge is 0.494 e. The third-order valence-corrected chi connectivity index (χ3v) is 3.42. The monoisotopic (exact) mass is 296 g/mol. The second-order valence-electron chi connectivity index (χ2n) is 4.32. The molecule has 0 unspecified atom stereocenters. The zero-order valence-electron chi connectivity index (χ0n) is 11.2. The quantitative estimate of drug-likeness (QED) is 0.880. The van der Waals surface area contributed by atoms with Crippen LogP contribution in [0.1, 0.15) is 11.1 Å². The van der Waals surface area contributed by atoms with Crippen LogP contribution in [-0.2, 0) is 0 Å². The number of ether oxygens (including phenoxy) is 1. The van der Waals surface area contributed by atoms with Crippen molar-refractivity contribution in [3.63, 3.8) is 0 Å². The summed E-state index contributed by atoms with van der Waals surface area (Å²) in [6, 6.07) is 3.14. The van der Waals surface area contributed by atoms with Crippen LogP contribution in [0.15, 0.2) is 21.7 Å². The minimum atomic E-state index is -0.752. The summed E-state index contributed by atoms with van der Waals surface area (Å²) in [7, 11) is 1.42. The van der Waals surface area contributed by atoms with Gasteiger partial charge in [0, 0.05) is 11.1 Å². The van der Waals surface area contributed by atoms with Gasteiger partial charge in [0.15, 0.2) is 0 Å². The average Bonchev–Trinajstić information content (AvgIpc) is 2.40. The Bertz CT molecular complexity index is 792. The van der Waals surface area contributed by atoms with Crippen molar-refractivity contribution >= 4 is 11.6 Å². The Labute approximate surface area is 119 Å². The molecule has 2 rings (SSSR count). The first kappa shape index (κ1) is 14.2. The topological polar surface area (TPSA) is 84.3 Å². The summed E-state index contributed by atoms with van der Waals surface area (Å²) in [6.45, 7) is 3.17. The summed E-state index contributed by atoms with van der Waals surface area (Å²) in [5, 5.41) is 10.5. The first-order chi connectivity index (χ1) is 9.36. The van der Waals surface area contributed by atoms with E-state index in [1.165, 1.54) is 14.0 Å². The number of aromatic hydroxyl groups is 1. The van der Waals surface area contributed by atoms with Crippen LogP contribution in [0.3, 0.4) is 0 Å². The van der Waals surface area contributed by atoms with Crippen molar-refractivity contribution in [2.24, 2.45) is 0 Å². The van der Waals surface area contributed by atoms with E-state index in [9.17, 15) is 14.7 Å². The number of halogens is 1. The van der Waals surface area contributed by atoms with Crippen LogP contribution in [0.2, 0.25) is 5.02 Å². The fourth-order valence-corrected chi connectivity index (χ4v) is 1.98. The third kappa shape index (κ3) is 2.18. The molecule has 2 aromatic rings. The zero-order chi connectivity index (χ0) is 15.0. The van der Waals surface area contributed by atoms with Crippen molar-refractivity contribution in [2.45, 2.75) is 13.8 Å². The van der Waals surface area contributed by atoms with Crippen LogP contribution < -0.4 is 16.0 Å². The fourth-order valence-electron chi connectivity index (χ4n) is 1.82. The van der Waals surface area contributed by atoms with Gasteiger partial charge < -0.3 is 9.84 Å². The van der Waals surface area contributed by atoms with Crippen LogP contribution in [0.5, 0.6) is 11.6 Å². The lowest BCUT2D eigenvalue weighted by molar-refractivity contribution is 0.400. The van der Waals surface area contributed by atoms with E-state index >= 15 is 0 Å². The smallest absolute Gasteiger partial charge is 0.335 e. The van der Waals surface area contributed by atoms with Crippen LogP contribution in [-0.4, -0.2) is 21.8 Å². The zero-order valence-corrected chi connectivity index (χ0v) is 11.9. The van der Waals surface area contributed by atoms with Gasteiger partial charge in [-0.05, 0) is 25.5 Å². The number of H-pyrrole nitrogens is 1. The highest BCUT2D eigenvalue weighted by Gasteiger charge is 2.16. The van der Waals surface area contributed by atoms with Gasteiger partial charge in [-0.3, -0.25) is 9.78 Å². The molecule has 7 heteroatoms. The normalized spacial score (nSPS) is 10.6. The van der Waals surface area contributed by atoms with Crippen LogP contribution >= 0.6 is 11.6 Å². The summed E-state index contributed by atoms with van der Waals surface area (Å²) >= 11 is 6.00. The van der Waals surface area contributed by atoms with E-state index < -0.39 is 17.1 Å². The lowest BCUT2D eigenvalue weighted by Gasteiger charge is -2.14. The van der Waals surface area contributed by atoms with Crippen molar-refractivity contribution in [2.75, 3.05) is 7.11 Å². The van der Waals surface area contributed by atoms with Gasteiger partial charge in [-0.2, -0.15) is 0 Å². The van der Waals surface area contributed by atoms with E-state index in [1.807, 2.05) is 0 Å². The van der Waals surface area contributed by atoms with E-state index in [0.717, 1.165) is 4.57 Å². The molecule has 6 nitrogen and oxygen atoms in total. The van der Waals surface area contributed by atoms with Gasteiger partial charge in [0.2, 0.25) is 5.88 Å². The molecule has 20 heavy (non-hydrogen) atoms. The molecule has 0 aliphatic heterocycles. The highest BCUT2D eigenvalue weighted by Crippen LogP contribution is 2.30. The summed E-state index contributed by atoms with van der Waals surface area (Å²) in [5.74, 6) is -0.122. The first-order valence-corrected chi connectivity index (χ1v) is 6.14. The molecule has 0 atom stereocenters. The number of rotatable bonds is 2. The molecular formula is C13H13ClN2O4. The van der Waals surface area contributed by atoms with E-state index in [-0.39, 0.29) is 5.56 Å². The maximum Gasteiger partial charge on any atom is 0.335 e. The molecule has 0 spiro atoms. The Morgan fingerprint density at radius 3 is 2.55 bits per heavy atom. The standard InChI is InChI=1S/C13H13ClN2O4/c1-6-4-9(10(20-3)5-8(6)14)16-12(18)7(2)11(17)15-13(16)19/h4-5,18H,1-3H3,(H,15,17,19). The number of hydrogen-bond donors (Lipinski definition) is 2. The van der Waals surface area contributed by atoms with E-state index in [0.29, 0.717) is 22.0 Å². The molecule has 106 valence electrons. The molecule has 0 amide bonds. The second kappa shape index (κ2) is 5.05. The molecular weight excluding hydrogens is 284 g/mol. The van der Waals surface area contributed by atoms with Gasteiger partial charge in [-0.1, -0.05) is 11.6 Å². The van der Waals surface area contributed by atoms with Crippen LogP contribution in [0.25, 0.3) is 5.69 Å². The highest BCUT2D eigenvalue weighted by atomic mass is 35.5. The fraction of sp³-hybridized carbons (Fsp3) is 0.231.